The summed E-state index contributed by atoms with van der Waals surface area (Å²) in [5.41, 5.74) is 5.60. The average Bonchev–Trinajstić information content (AvgIpc) is 2.27. The second kappa shape index (κ2) is 6.31. The van der Waals surface area contributed by atoms with Crippen LogP contribution in [0.15, 0.2) is 23.1 Å². The number of nitrogens with two attached hydrogens (primary N) is 1. The first kappa shape index (κ1) is 15.9. The standard InChI is InChI=1S/C12H19FN2O3S/c1-9(2)15(6-7-18-3)19(16,17)12-5-4-10(14)8-11(12)13/h4-5,8-9H,6-7,14H2,1-3H3. The van der Waals surface area contributed by atoms with Crippen molar-refractivity contribution in [2.45, 2.75) is 24.8 Å². The SMILES string of the molecule is COCCN(C(C)C)S(=O)(=O)c1ccc(N)cc1F. The van der Waals surface area contributed by atoms with E-state index in [9.17, 15) is 12.8 Å². The normalized spacial score (nSPS) is 12.3. The number of hydrogen-bond donors (Lipinski definition) is 1. The van der Waals surface area contributed by atoms with Crippen LogP contribution in [0.3, 0.4) is 0 Å². The second-order valence-electron chi connectivity index (χ2n) is 4.39. The van der Waals surface area contributed by atoms with Crippen molar-refractivity contribution in [1.82, 2.24) is 4.31 Å². The summed E-state index contributed by atoms with van der Waals surface area (Å²) in [6.07, 6.45) is 0. The van der Waals surface area contributed by atoms with E-state index in [1.165, 1.54) is 23.5 Å². The number of halogens is 1. The summed E-state index contributed by atoms with van der Waals surface area (Å²) in [6.45, 7) is 3.86. The molecule has 0 amide bonds. The van der Waals surface area contributed by atoms with Gasteiger partial charge in [0.1, 0.15) is 10.7 Å². The van der Waals surface area contributed by atoms with Gasteiger partial charge in [0, 0.05) is 25.4 Å². The summed E-state index contributed by atoms with van der Waals surface area (Å²) in [4.78, 5) is -0.369. The molecule has 2 N–H and O–H groups in total. The molecular formula is C12H19FN2O3S. The first-order valence-corrected chi connectivity index (χ1v) is 7.30. The molecule has 5 nitrogen and oxygen atoms in total. The van der Waals surface area contributed by atoms with E-state index in [0.717, 1.165) is 6.07 Å². The summed E-state index contributed by atoms with van der Waals surface area (Å²) in [5, 5.41) is 0. The van der Waals surface area contributed by atoms with Gasteiger partial charge in [0.2, 0.25) is 10.0 Å². The van der Waals surface area contributed by atoms with Gasteiger partial charge in [0.15, 0.2) is 0 Å². The smallest absolute Gasteiger partial charge is 0.246 e. The number of nitrogen functional groups attached to an aromatic ring is 1. The van der Waals surface area contributed by atoms with E-state index in [1.807, 2.05) is 0 Å². The van der Waals surface area contributed by atoms with Gasteiger partial charge in [0.25, 0.3) is 0 Å². The van der Waals surface area contributed by atoms with Crippen LogP contribution in [0.25, 0.3) is 0 Å². The van der Waals surface area contributed by atoms with E-state index in [4.69, 9.17) is 10.5 Å². The highest BCUT2D eigenvalue weighted by atomic mass is 32.2. The lowest BCUT2D eigenvalue weighted by Crippen LogP contribution is -2.39. The number of sulfonamides is 1. The topological polar surface area (TPSA) is 72.6 Å². The molecule has 0 bridgehead atoms. The Labute approximate surface area is 113 Å². The Kier molecular flexibility index (Phi) is 5.28. The van der Waals surface area contributed by atoms with Crippen molar-refractivity contribution in [3.8, 4) is 0 Å². The fraction of sp³-hybridized carbons (Fsp3) is 0.500. The van der Waals surface area contributed by atoms with Gasteiger partial charge < -0.3 is 10.5 Å². The fourth-order valence-electron chi connectivity index (χ4n) is 1.69. The van der Waals surface area contributed by atoms with Crippen LogP contribution in [0.5, 0.6) is 0 Å². The first-order chi connectivity index (χ1) is 8.80. The van der Waals surface area contributed by atoms with Crippen LogP contribution in [-0.2, 0) is 14.8 Å². The molecule has 0 saturated heterocycles. The molecule has 0 spiro atoms. The molecule has 1 rings (SSSR count). The lowest BCUT2D eigenvalue weighted by atomic mass is 10.3. The van der Waals surface area contributed by atoms with E-state index in [1.54, 1.807) is 13.8 Å². The van der Waals surface area contributed by atoms with Crippen molar-refractivity contribution in [2.75, 3.05) is 26.0 Å². The van der Waals surface area contributed by atoms with Crippen molar-refractivity contribution in [2.24, 2.45) is 0 Å². The van der Waals surface area contributed by atoms with Gasteiger partial charge in [0.05, 0.1) is 6.61 Å². The highest BCUT2D eigenvalue weighted by Gasteiger charge is 2.29. The molecule has 0 aromatic heterocycles. The Morgan fingerprint density at radius 1 is 1.42 bits per heavy atom. The van der Waals surface area contributed by atoms with Crippen molar-refractivity contribution in [1.29, 1.82) is 0 Å². The maximum atomic E-state index is 13.8. The van der Waals surface area contributed by atoms with E-state index in [-0.39, 0.29) is 29.8 Å². The number of anilines is 1. The molecule has 0 radical (unpaired) electrons. The number of benzene rings is 1. The number of hydrogen-bond acceptors (Lipinski definition) is 4. The summed E-state index contributed by atoms with van der Waals surface area (Å²) in [6, 6.07) is 3.26. The minimum atomic E-state index is -3.90. The highest BCUT2D eigenvalue weighted by Crippen LogP contribution is 2.22. The van der Waals surface area contributed by atoms with E-state index in [2.05, 4.69) is 0 Å². The lowest BCUT2D eigenvalue weighted by Gasteiger charge is -2.25. The van der Waals surface area contributed by atoms with Crippen LogP contribution in [0.2, 0.25) is 0 Å². The minimum Gasteiger partial charge on any atom is -0.399 e. The van der Waals surface area contributed by atoms with E-state index >= 15 is 0 Å². The van der Waals surface area contributed by atoms with Crippen LogP contribution in [0.1, 0.15) is 13.8 Å². The molecule has 0 unspecified atom stereocenters. The molecule has 0 aliphatic rings. The van der Waals surface area contributed by atoms with Crippen LogP contribution >= 0.6 is 0 Å². The number of rotatable bonds is 6. The maximum absolute atomic E-state index is 13.8. The molecule has 0 aliphatic carbocycles. The molecule has 0 heterocycles. The molecule has 1 aromatic rings. The predicted octanol–water partition coefficient (Wildman–Crippen LogP) is 1.45. The summed E-state index contributed by atoms with van der Waals surface area (Å²) in [5.74, 6) is -0.844. The van der Waals surface area contributed by atoms with Gasteiger partial charge in [-0.05, 0) is 32.0 Å². The van der Waals surface area contributed by atoms with Gasteiger partial charge in [-0.3, -0.25) is 0 Å². The average molecular weight is 290 g/mol. The highest BCUT2D eigenvalue weighted by molar-refractivity contribution is 7.89. The Balaban J connectivity index is 3.19. The zero-order valence-corrected chi connectivity index (χ0v) is 12.1. The monoisotopic (exact) mass is 290 g/mol. The summed E-state index contributed by atoms with van der Waals surface area (Å²) in [7, 11) is -2.42. The van der Waals surface area contributed by atoms with Gasteiger partial charge >= 0.3 is 0 Å². The summed E-state index contributed by atoms with van der Waals surface area (Å²) >= 11 is 0. The van der Waals surface area contributed by atoms with Gasteiger partial charge in [-0.2, -0.15) is 4.31 Å². The van der Waals surface area contributed by atoms with Crippen LogP contribution in [0, 0.1) is 5.82 Å². The Hall–Kier alpha value is -1.18. The van der Waals surface area contributed by atoms with Gasteiger partial charge in [-0.1, -0.05) is 0 Å². The third-order valence-corrected chi connectivity index (χ3v) is 4.74. The van der Waals surface area contributed by atoms with Crippen molar-refractivity contribution < 1.29 is 17.5 Å². The molecule has 0 fully saturated rings. The zero-order chi connectivity index (χ0) is 14.6. The molecule has 0 saturated carbocycles. The van der Waals surface area contributed by atoms with Crippen LogP contribution in [0.4, 0.5) is 10.1 Å². The third kappa shape index (κ3) is 3.65. The fourth-order valence-corrected chi connectivity index (χ4v) is 3.36. The largest absolute Gasteiger partial charge is 0.399 e. The lowest BCUT2D eigenvalue weighted by molar-refractivity contribution is 0.170. The first-order valence-electron chi connectivity index (χ1n) is 5.86. The van der Waals surface area contributed by atoms with Crippen LogP contribution in [-0.4, -0.2) is 39.0 Å². The molecule has 0 atom stereocenters. The molecule has 108 valence electrons. The molecule has 1 aromatic carbocycles. The van der Waals surface area contributed by atoms with Crippen LogP contribution < -0.4 is 5.73 Å². The molecule has 19 heavy (non-hydrogen) atoms. The number of ether oxygens (including phenoxy) is 1. The van der Waals surface area contributed by atoms with Gasteiger partial charge in [-0.25, -0.2) is 12.8 Å². The van der Waals surface area contributed by atoms with Crippen molar-refractivity contribution in [3.63, 3.8) is 0 Å². The Bertz CT molecular complexity index is 532. The van der Waals surface area contributed by atoms with Crippen molar-refractivity contribution in [3.05, 3.63) is 24.0 Å². The molecular weight excluding hydrogens is 271 g/mol. The summed E-state index contributed by atoms with van der Waals surface area (Å²) < 4.78 is 44.7. The molecule has 7 heteroatoms. The van der Waals surface area contributed by atoms with E-state index in [0.29, 0.717) is 0 Å². The minimum absolute atomic E-state index is 0.167. The number of nitrogens with zero attached hydrogens (tertiary/aromatic N) is 1. The third-order valence-electron chi connectivity index (χ3n) is 2.63. The Morgan fingerprint density at radius 3 is 2.53 bits per heavy atom. The predicted molar refractivity (Wildman–Crippen MR) is 71.7 cm³/mol. The zero-order valence-electron chi connectivity index (χ0n) is 11.3. The van der Waals surface area contributed by atoms with Crippen molar-refractivity contribution >= 4 is 15.7 Å². The molecule has 0 aliphatic heterocycles. The number of methoxy groups -OCH3 is 1. The van der Waals surface area contributed by atoms with Gasteiger partial charge in [-0.15, -0.1) is 0 Å². The maximum Gasteiger partial charge on any atom is 0.246 e. The Morgan fingerprint density at radius 2 is 2.05 bits per heavy atom. The van der Waals surface area contributed by atoms with E-state index < -0.39 is 15.8 Å². The quantitative estimate of drug-likeness (QED) is 0.805. The second-order valence-corrected chi connectivity index (χ2v) is 6.25.